The molecule has 1 aliphatic rings. The summed E-state index contributed by atoms with van der Waals surface area (Å²) in [4.78, 5) is 35.7. The molecule has 1 aliphatic heterocycles. The summed E-state index contributed by atoms with van der Waals surface area (Å²) in [5.74, 6) is -0.479. The quantitative estimate of drug-likeness (QED) is 0.250. The highest BCUT2D eigenvalue weighted by atomic mass is 19.1. The topological polar surface area (TPSA) is 108 Å². The standard InChI is InChI=1S/C31H29FN6O3/c1-19(12-20-8-11-29(34-15-20)41-28-7-5-4-6-26(28)32)30(39)25-18-35-37-27-10-9-21(14-24(25)27)22-13-23(17-33-16-22)36-31(40)38(2)3/h4-11,13-19,35,37H,12H2,1-3H3,(H,36,40)/t19-/m0/s1. The fourth-order valence-corrected chi connectivity index (χ4v) is 4.37. The van der Waals surface area contributed by atoms with E-state index in [1.807, 2.05) is 37.3 Å². The molecule has 0 fully saturated rings. The predicted octanol–water partition coefficient (Wildman–Crippen LogP) is 5.89. The summed E-state index contributed by atoms with van der Waals surface area (Å²) in [5, 5.41) is 2.80. The fraction of sp³-hybridized carbons (Fsp3) is 0.161. The predicted molar refractivity (Wildman–Crippen MR) is 156 cm³/mol. The first kappa shape index (κ1) is 27.3. The van der Waals surface area contributed by atoms with E-state index in [2.05, 4.69) is 26.1 Å². The van der Waals surface area contributed by atoms with Gasteiger partial charge in [-0.15, -0.1) is 0 Å². The summed E-state index contributed by atoms with van der Waals surface area (Å²) in [5.41, 5.74) is 11.2. The lowest BCUT2D eigenvalue weighted by Crippen LogP contribution is -2.27. The molecule has 0 bridgehead atoms. The third-order valence-corrected chi connectivity index (χ3v) is 6.57. The Labute approximate surface area is 237 Å². The minimum absolute atomic E-state index is 0.0331. The van der Waals surface area contributed by atoms with Gasteiger partial charge in [0.05, 0.1) is 17.6 Å². The Morgan fingerprint density at radius 3 is 2.61 bits per heavy atom. The van der Waals surface area contributed by atoms with Crippen LogP contribution in [-0.4, -0.2) is 40.8 Å². The zero-order chi connectivity index (χ0) is 28.9. The Kier molecular flexibility index (Phi) is 7.91. The Morgan fingerprint density at radius 2 is 1.85 bits per heavy atom. The van der Waals surface area contributed by atoms with Crippen LogP contribution in [0.3, 0.4) is 0 Å². The lowest BCUT2D eigenvalue weighted by Gasteiger charge is -2.23. The zero-order valence-corrected chi connectivity index (χ0v) is 22.8. The number of Topliss-reactive ketones (excluding diaryl/α,β-unsaturated/α-hetero) is 1. The first-order valence-corrected chi connectivity index (χ1v) is 13.0. The lowest BCUT2D eigenvalue weighted by molar-refractivity contribution is -0.116. The number of ether oxygens (including phenoxy) is 1. The molecule has 4 aromatic rings. The van der Waals surface area contributed by atoms with Crippen LogP contribution in [0.25, 0.3) is 16.7 Å². The molecule has 3 heterocycles. The number of hydrogen-bond acceptors (Lipinski definition) is 7. The van der Waals surface area contributed by atoms with Crippen LogP contribution in [0.4, 0.5) is 20.6 Å². The van der Waals surface area contributed by atoms with E-state index in [0.717, 1.165) is 27.9 Å². The van der Waals surface area contributed by atoms with Gasteiger partial charge in [-0.05, 0) is 47.9 Å². The van der Waals surface area contributed by atoms with Gasteiger partial charge in [0, 0.05) is 61.4 Å². The number of ketones is 1. The van der Waals surface area contributed by atoms with Gasteiger partial charge in [0.25, 0.3) is 0 Å². The molecule has 41 heavy (non-hydrogen) atoms. The number of hydrazine groups is 1. The van der Waals surface area contributed by atoms with Gasteiger partial charge in [0.15, 0.2) is 17.3 Å². The van der Waals surface area contributed by atoms with Crippen LogP contribution >= 0.6 is 0 Å². The highest BCUT2D eigenvalue weighted by Gasteiger charge is 2.24. The molecular formula is C31H29FN6O3. The molecule has 2 aromatic heterocycles. The van der Waals surface area contributed by atoms with Crippen LogP contribution in [0, 0.1) is 11.7 Å². The largest absolute Gasteiger partial charge is 0.436 e. The van der Waals surface area contributed by atoms with E-state index in [0.29, 0.717) is 17.7 Å². The number of nitrogens with zero attached hydrogens (tertiary/aromatic N) is 3. The van der Waals surface area contributed by atoms with Gasteiger partial charge < -0.3 is 25.8 Å². The van der Waals surface area contributed by atoms with Crippen molar-refractivity contribution in [1.29, 1.82) is 0 Å². The smallest absolute Gasteiger partial charge is 0.321 e. The maximum atomic E-state index is 13.9. The summed E-state index contributed by atoms with van der Waals surface area (Å²) in [6, 6.07) is 17.0. The molecule has 10 heteroatoms. The fourth-order valence-electron chi connectivity index (χ4n) is 4.37. The van der Waals surface area contributed by atoms with Crippen molar-refractivity contribution >= 4 is 28.8 Å². The molecular weight excluding hydrogens is 523 g/mol. The maximum Gasteiger partial charge on any atom is 0.321 e. The molecule has 0 spiro atoms. The molecule has 5 rings (SSSR count). The van der Waals surface area contributed by atoms with Gasteiger partial charge in [-0.1, -0.05) is 31.2 Å². The number of aromatic nitrogens is 2. The van der Waals surface area contributed by atoms with E-state index in [1.54, 1.807) is 57.1 Å². The Hall–Kier alpha value is -5.25. The summed E-state index contributed by atoms with van der Waals surface area (Å²) in [6.45, 7) is 1.87. The van der Waals surface area contributed by atoms with E-state index >= 15 is 0 Å². The number of rotatable bonds is 8. The second-order valence-corrected chi connectivity index (χ2v) is 9.88. The number of para-hydroxylation sites is 1. The maximum absolute atomic E-state index is 13.9. The average molecular weight is 553 g/mol. The van der Waals surface area contributed by atoms with Gasteiger partial charge in [0.1, 0.15) is 0 Å². The number of fused-ring (bicyclic) bond motifs is 1. The summed E-state index contributed by atoms with van der Waals surface area (Å²) < 4.78 is 19.4. The molecule has 0 saturated heterocycles. The second-order valence-electron chi connectivity index (χ2n) is 9.88. The first-order valence-electron chi connectivity index (χ1n) is 13.0. The van der Waals surface area contributed by atoms with Crippen molar-refractivity contribution in [2.24, 2.45) is 5.92 Å². The number of nitrogens with one attached hydrogen (secondary N) is 3. The van der Waals surface area contributed by atoms with Crippen molar-refractivity contribution in [2.75, 3.05) is 24.8 Å². The number of carbonyl (C=O) groups is 2. The van der Waals surface area contributed by atoms with E-state index in [4.69, 9.17) is 4.74 Å². The minimum atomic E-state index is -0.468. The highest BCUT2D eigenvalue weighted by molar-refractivity contribution is 6.23. The number of carbonyl (C=O) groups excluding carboxylic acids is 2. The summed E-state index contributed by atoms with van der Waals surface area (Å²) in [6.07, 6.45) is 7.06. The number of urea groups is 1. The molecule has 2 aromatic carbocycles. The van der Waals surface area contributed by atoms with Crippen LogP contribution < -0.4 is 20.9 Å². The van der Waals surface area contributed by atoms with Gasteiger partial charge in [0.2, 0.25) is 5.88 Å². The minimum Gasteiger partial charge on any atom is -0.436 e. The highest BCUT2D eigenvalue weighted by Crippen LogP contribution is 2.34. The van der Waals surface area contributed by atoms with Crippen molar-refractivity contribution in [2.45, 2.75) is 13.3 Å². The Bertz CT molecular complexity index is 1620. The van der Waals surface area contributed by atoms with Crippen LogP contribution in [0.5, 0.6) is 11.6 Å². The van der Waals surface area contributed by atoms with Gasteiger partial charge in [-0.3, -0.25) is 9.78 Å². The van der Waals surface area contributed by atoms with Crippen LogP contribution in [0.1, 0.15) is 18.1 Å². The van der Waals surface area contributed by atoms with Gasteiger partial charge in [-0.25, -0.2) is 14.2 Å². The number of allylic oxidation sites excluding steroid dienone is 1. The molecule has 3 N–H and O–H groups in total. The Morgan fingerprint density at radius 1 is 1.02 bits per heavy atom. The third kappa shape index (κ3) is 6.33. The van der Waals surface area contributed by atoms with E-state index < -0.39 is 5.82 Å². The zero-order valence-electron chi connectivity index (χ0n) is 22.8. The van der Waals surface area contributed by atoms with Crippen LogP contribution in [-0.2, 0) is 11.2 Å². The van der Waals surface area contributed by atoms with Crippen LogP contribution in [0.15, 0.2) is 85.5 Å². The molecule has 1 atom stereocenters. The third-order valence-electron chi connectivity index (χ3n) is 6.57. The van der Waals surface area contributed by atoms with E-state index in [-0.39, 0.29) is 29.4 Å². The van der Waals surface area contributed by atoms with E-state index in [1.165, 1.54) is 17.0 Å². The van der Waals surface area contributed by atoms with Gasteiger partial charge >= 0.3 is 6.03 Å². The van der Waals surface area contributed by atoms with Crippen LogP contribution in [0.2, 0.25) is 0 Å². The SMILES string of the molecule is C[C@@H](Cc1ccc(Oc2ccccc2F)nc1)C(=O)C1=CNNc2ccc(-c3cncc(NC(=O)N(C)C)c3)cc21. The second kappa shape index (κ2) is 11.9. The number of amides is 2. The average Bonchev–Trinajstić information content (AvgIpc) is 2.98. The van der Waals surface area contributed by atoms with Crippen molar-refractivity contribution in [1.82, 2.24) is 20.3 Å². The number of benzene rings is 2. The number of halogens is 1. The number of anilines is 2. The van der Waals surface area contributed by atoms with Crippen molar-refractivity contribution < 1.29 is 18.7 Å². The summed E-state index contributed by atoms with van der Waals surface area (Å²) >= 11 is 0. The molecule has 0 radical (unpaired) electrons. The first-order chi connectivity index (χ1) is 19.8. The molecule has 208 valence electrons. The normalized spacial score (nSPS) is 12.6. The molecule has 0 saturated carbocycles. The molecule has 0 unspecified atom stereocenters. The summed E-state index contributed by atoms with van der Waals surface area (Å²) in [7, 11) is 3.33. The van der Waals surface area contributed by atoms with E-state index in [9.17, 15) is 14.0 Å². The van der Waals surface area contributed by atoms with Crippen molar-refractivity contribution in [3.05, 3.63) is 102 Å². The molecule has 0 aliphatic carbocycles. The monoisotopic (exact) mass is 552 g/mol. The molecule has 2 amide bonds. The number of pyridine rings is 2. The van der Waals surface area contributed by atoms with Crippen molar-refractivity contribution in [3.8, 4) is 22.8 Å². The number of hydrogen-bond donors (Lipinski definition) is 3. The van der Waals surface area contributed by atoms with Crippen molar-refractivity contribution in [3.63, 3.8) is 0 Å². The molecule has 9 nitrogen and oxygen atoms in total. The Balaban J connectivity index is 1.31. The lowest BCUT2D eigenvalue weighted by atomic mass is 9.88. The van der Waals surface area contributed by atoms with Gasteiger partial charge in [-0.2, -0.15) is 0 Å².